The first kappa shape index (κ1) is 16.5. The largest absolute Gasteiger partial charge is 0.496 e. The highest BCUT2D eigenvalue weighted by Crippen LogP contribution is 2.30. The van der Waals surface area contributed by atoms with Crippen LogP contribution in [0.25, 0.3) is 0 Å². The first-order chi connectivity index (χ1) is 8.92. The third-order valence-electron chi connectivity index (χ3n) is 3.88. The molecule has 0 radical (unpaired) electrons. The van der Waals surface area contributed by atoms with E-state index in [9.17, 15) is 0 Å². The van der Waals surface area contributed by atoms with Gasteiger partial charge in [-0.05, 0) is 53.5 Å². The van der Waals surface area contributed by atoms with Crippen LogP contribution in [0.5, 0.6) is 5.75 Å². The monoisotopic (exact) mass is 328 g/mol. The lowest BCUT2D eigenvalue weighted by Gasteiger charge is -2.35. The maximum atomic E-state index is 5.98. The molecular weight excluding hydrogens is 304 g/mol. The van der Waals surface area contributed by atoms with Crippen LogP contribution >= 0.6 is 15.9 Å². The van der Waals surface area contributed by atoms with E-state index in [-0.39, 0.29) is 6.04 Å². The minimum Gasteiger partial charge on any atom is -0.496 e. The van der Waals surface area contributed by atoms with Gasteiger partial charge in [-0.25, -0.2) is 0 Å². The van der Waals surface area contributed by atoms with E-state index in [1.165, 1.54) is 5.56 Å². The average molecular weight is 329 g/mol. The second-order valence-corrected chi connectivity index (χ2v) is 6.15. The number of benzene rings is 1. The smallest absolute Gasteiger partial charge is 0.133 e. The van der Waals surface area contributed by atoms with E-state index < -0.39 is 0 Å². The van der Waals surface area contributed by atoms with E-state index in [0.29, 0.717) is 18.5 Å². The van der Waals surface area contributed by atoms with E-state index in [2.05, 4.69) is 60.8 Å². The molecule has 0 saturated carbocycles. The van der Waals surface area contributed by atoms with Gasteiger partial charge in [0.25, 0.3) is 0 Å². The van der Waals surface area contributed by atoms with Crippen LogP contribution in [0.2, 0.25) is 0 Å². The molecule has 1 rings (SSSR count). The predicted octanol–water partition coefficient (Wildman–Crippen LogP) is 3.43. The molecule has 0 bridgehead atoms. The van der Waals surface area contributed by atoms with E-state index in [0.717, 1.165) is 10.2 Å². The summed E-state index contributed by atoms with van der Waals surface area (Å²) >= 11 is 3.54. The number of halogens is 1. The highest BCUT2D eigenvalue weighted by Gasteiger charge is 2.22. The molecular formula is C15H25BrN2O. The Hall–Kier alpha value is -0.580. The zero-order chi connectivity index (χ0) is 14.6. The molecule has 4 heteroatoms. The van der Waals surface area contributed by atoms with Crippen molar-refractivity contribution in [1.29, 1.82) is 0 Å². The van der Waals surface area contributed by atoms with Gasteiger partial charge >= 0.3 is 0 Å². The van der Waals surface area contributed by atoms with Gasteiger partial charge < -0.3 is 10.5 Å². The Morgan fingerprint density at radius 1 is 1.32 bits per heavy atom. The molecule has 0 aliphatic heterocycles. The van der Waals surface area contributed by atoms with Gasteiger partial charge in [-0.3, -0.25) is 4.90 Å². The van der Waals surface area contributed by atoms with Gasteiger partial charge in [0, 0.05) is 18.6 Å². The van der Waals surface area contributed by atoms with Crippen LogP contribution < -0.4 is 10.5 Å². The van der Waals surface area contributed by atoms with Crippen molar-refractivity contribution < 1.29 is 4.74 Å². The van der Waals surface area contributed by atoms with Gasteiger partial charge in [0.05, 0.1) is 11.6 Å². The predicted molar refractivity (Wildman–Crippen MR) is 84.6 cm³/mol. The molecule has 1 aromatic carbocycles. The van der Waals surface area contributed by atoms with Crippen LogP contribution in [-0.2, 0) is 0 Å². The Bertz CT molecular complexity index is 409. The number of likely N-dealkylation sites (N-methyl/N-ethyl adjacent to an activating group) is 1. The first-order valence-electron chi connectivity index (χ1n) is 6.67. The van der Waals surface area contributed by atoms with Crippen LogP contribution in [-0.4, -0.2) is 31.6 Å². The summed E-state index contributed by atoms with van der Waals surface area (Å²) in [4.78, 5) is 2.35. The Morgan fingerprint density at radius 3 is 2.37 bits per heavy atom. The van der Waals surface area contributed by atoms with E-state index in [1.807, 2.05) is 6.07 Å². The van der Waals surface area contributed by atoms with E-state index in [1.54, 1.807) is 7.11 Å². The summed E-state index contributed by atoms with van der Waals surface area (Å²) in [6.07, 6.45) is 0. The van der Waals surface area contributed by atoms with Gasteiger partial charge in [0.1, 0.15) is 5.75 Å². The normalized spacial score (nSPS) is 14.8. The summed E-state index contributed by atoms with van der Waals surface area (Å²) in [5.74, 6) is 1.44. The average Bonchev–Trinajstić information content (AvgIpc) is 2.38. The molecule has 19 heavy (non-hydrogen) atoms. The molecule has 0 amide bonds. The number of hydrogen-bond donors (Lipinski definition) is 1. The summed E-state index contributed by atoms with van der Waals surface area (Å²) < 4.78 is 6.24. The molecule has 0 saturated heterocycles. The molecule has 2 atom stereocenters. The summed E-state index contributed by atoms with van der Waals surface area (Å²) in [7, 11) is 3.81. The zero-order valence-electron chi connectivity index (χ0n) is 12.5. The van der Waals surface area contributed by atoms with Crippen LogP contribution in [0.3, 0.4) is 0 Å². The van der Waals surface area contributed by atoms with Crippen LogP contribution in [0.15, 0.2) is 22.7 Å². The molecule has 2 unspecified atom stereocenters. The van der Waals surface area contributed by atoms with E-state index in [4.69, 9.17) is 10.5 Å². The molecule has 2 N–H and O–H groups in total. The van der Waals surface area contributed by atoms with Crippen molar-refractivity contribution in [3.63, 3.8) is 0 Å². The standard InChI is InChI=1S/C15H25BrN2O/c1-10(2)11(3)18(4)14(9-17)12-6-7-15(19-5)13(16)8-12/h6-8,10-11,14H,9,17H2,1-5H3. The molecule has 3 nitrogen and oxygen atoms in total. The van der Waals surface area contributed by atoms with Gasteiger partial charge in [0.2, 0.25) is 0 Å². The Balaban J connectivity index is 3.00. The number of nitrogens with zero attached hydrogens (tertiary/aromatic N) is 1. The third-order valence-corrected chi connectivity index (χ3v) is 4.50. The van der Waals surface area contributed by atoms with Crippen molar-refractivity contribution >= 4 is 15.9 Å². The van der Waals surface area contributed by atoms with Crippen molar-refractivity contribution in [3.8, 4) is 5.75 Å². The third kappa shape index (κ3) is 3.94. The van der Waals surface area contributed by atoms with Crippen LogP contribution in [0.1, 0.15) is 32.4 Å². The van der Waals surface area contributed by atoms with Crippen molar-refractivity contribution in [3.05, 3.63) is 28.2 Å². The maximum absolute atomic E-state index is 5.98. The van der Waals surface area contributed by atoms with Crippen LogP contribution in [0, 0.1) is 5.92 Å². The summed E-state index contributed by atoms with van der Waals surface area (Å²) in [5.41, 5.74) is 7.19. The summed E-state index contributed by atoms with van der Waals surface area (Å²) in [6, 6.07) is 6.87. The number of hydrogen-bond acceptors (Lipinski definition) is 3. The maximum Gasteiger partial charge on any atom is 0.133 e. The summed E-state index contributed by atoms with van der Waals surface area (Å²) in [6.45, 7) is 7.32. The highest BCUT2D eigenvalue weighted by atomic mass is 79.9. The minimum atomic E-state index is 0.222. The first-order valence-corrected chi connectivity index (χ1v) is 7.47. The molecule has 108 valence electrons. The molecule has 0 fully saturated rings. The fourth-order valence-electron chi connectivity index (χ4n) is 2.18. The second kappa shape index (κ2) is 7.27. The molecule has 0 spiro atoms. The van der Waals surface area contributed by atoms with Crippen molar-refractivity contribution in [1.82, 2.24) is 4.90 Å². The van der Waals surface area contributed by atoms with Crippen molar-refractivity contribution in [2.24, 2.45) is 11.7 Å². The topological polar surface area (TPSA) is 38.5 Å². The lowest BCUT2D eigenvalue weighted by atomic mass is 9.99. The fraction of sp³-hybridized carbons (Fsp3) is 0.600. The molecule has 0 aromatic heterocycles. The zero-order valence-corrected chi connectivity index (χ0v) is 14.1. The SMILES string of the molecule is COc1ccc(C(CN)N(C)C(C)C(C)C)cc1Br. The quantitative estimate of drug-likeness (QED) is 0.869. The van der Waals surface area contributed by atoms with Gasteiger partial charge in [-0.2, -0.15) is 0 Å². The Morgan fingerprint density at radius 2 is 1.95 bits per heavy atom. The molecule has 0 aliphatic rings. The highest BCUT2D eigenvalue weighted by molar-refractivity contribution is 9.10. The number of rotatable bonds is 6. The molecule has 0 aliphatic carbocycles. The Kier molecular flexibility index (Phi) is 6.30. The lowest BCUT2D eigenvalue weighted by Crippen LogP contribution is -2.39. The van der Waals surface area contributed by atoms with Gasteiger partial charge in [0.15, 0.2) is 0 Å². The second-order valence-electron chi connectivity index (χ2n) is 5.30. The minimum absolute atomic E-state index is 0.222. The number of ether oxygens (including phenoxy) is 1. The van der Waals surface area contributed by atoms with Gasteiger partial charge in [-0.15, -0.1) is 0 Å². The Labute approximate surface area is 125 Å². The van der Waals surface area contributed by atoms with E-state index >= 15 is 0 Å². The van der Waals surface area contributed by atoms with Crippen LogP contribution in [0.4, 0.5) is 0 Å². The molecule has 1 aromatic rings. The molecule has 0 heterocycles. The van der Waals surface area contributed by atoms with Crippen molar-refractivity contribution in [2.45, 2.75) is 32.9 Å². The van der Waals surface area contributed by atoms with Gasteiger partial charge in [-0.1, -0.05) is 19.9 Å². The number of methoxy groups -OCH3 is 1. The lowest BCUT2D eigenvalue weighted by molar-refractivity contribution is 0.152. The number of nitrogens with two attached hydrogens (primary N) is 1. The summed E-state index contributed by atoms with van der Waals surface area (Å²) in [5, 5.41) is 0. The fourth-order valence-corrected chi connectivity index (χ4v) is 2.74. The van der Waals surface area contributed by atoms with Crippen molar-refractivity contribution in [2.75, 3.05) is 20.7 Å².